The maximum Gasteiger partial charge on any atom is 0.115 e. The SMILES string of the molecule is CC1CC(O)(c2ccncn2)C1. The van der Waals surface area contributed by atoms with Gasteiger partial charge in [0.05, 0.1) is 5.69 Å². The molecule has 0 unspecified atom stereocenters. The first-order valence-electron chi connectivity index (χ1n) is 4.19. The molecular formula is C9H12N2O. The third kappa shape index (κ3) is 1.10. The summed E-state index contributed by atoms with van der Waals surface area (Å²) in [5.74, 6) is 0.616. The average Bonchev–Trinajstić information content (AvgIpc) is 2.04. The van der Waals surface area contributed by atoms with Crippen molar-refractivity contribution in [1.82, 2.24) is 9.97 Å². The van der Waals surface area contributed by atoms with Gasteiger partial charge in [-0.1, -0.05) is 6.92 Å². The molecule has 0 spiro atoms. The highest BCUT2D eigenvalue weighted by Crippen LogP contribution is 2.44. The minimum Gasteiger partial charge on any atom is -0.384 e. The van der Waals surface area contributed by atoms with Gasteiger partial charge in [0.2, 0.25) is 0 Å². The van der Waals surface area contributed by atoms with Crippen molar-refractivity contribution in [2.75, 3.05) is 0 Å². The Hall–Kier alpha value is -0.960. The summed E-state index contributed by atoms with van der Waals surface area (Å²) in [6.07, 6.45) is 4.80. The maximum absolute atomic E-state index is 9.96. The van der Waals surface area contributed by atoms with Gasteiger partial charge in [-0.05, 0) is 24.8 Å². The van der Waals surface area contributed by atoms with Gasteiger partial charge in [-0.2, -0.15) is 0 Å². The van der Waals surface area contributed by atoms with E-state index in [0.29, 0.717) is 5.92 Å². The first-order chi connectivity index (χ1) is 5.71. The normalized spacial score (nSPS) is 34.3. The second-order valence-corrected chi connectivity index (χ2v) is 3.64. The van der Waals surface area contributed by atoms with E-state index in [1.807, 2.05) is 0 Å². The van der Waals surface area contributed by atoms with Gasteiger partial charge >= 0.3 is 0 Å². The maximum atomic E-state index is 9.96. The largest absolute Gasteiger partial charge is 0.384 e. The van der Waals surface area contributed by atoms with Crippen molar-refractivity contribution in [3.8, 4) is 0 Å². The highest BCUT2D eigenvalue weighted by molar-refractivity contribution is 5.14. The van der Waals surface area contributed by atoms with Crippen molar-refractivity contribution in [3.05, 3.63) is 24.3 Å². The Kier molecular flexibility index (Phi) is 1.61. The third-order valence-electron chi connectivity index (χ3n) is 2.43. The molecule has 1 N–H and O–H groups in total. The molecule has 64 valence electrons. The van der Waals surface area contributed by atoms with Crippen molar-refractivity contribution in [2.24, 2.45) is 5.92 Å². The van der Waals surface area contributed by atoms with Gasteiger partial charge in [-0.25, -0.2) is 9.97 Å². The van der Waals surface area contributed by atoms with Crippen LogP contribution in [0.15, 0.2) is 18.6 Å². The van der Waals surface area contributed by atoms with Crippen LogP contribution in [0.2, 0.25) is 0 Å². The lowest BCUT2D eigenvalue weighted by Crippen LogP contribution is -2.40. The molecule has 2 rings (SSSR count). The summed E-state index contributed by atoms with van der Waals surface area (Å²) in [4.78, 5) is 7.86. The molecule has 3 heteroatoms. The smallest absolute Gasteiger partial charge is 0.115 e. The standard InChI is InChI=1S/C9H12N2O/c1-7-4-9(12,5-7)8-2-3-10-6-11-8/h2-3,6-7,12H,4-5H2,1H3. The molecule has 0 aliphatic heterocycles. The van der Waals surface area contributed by atoms with Crippen LogP contribution < -0.4 is 0 Å². The van der Waals surface area contributed by atoms with Crippen LogP contribution in [0.3, 0.4) is 0 Å². The van der Waals surface area contributed by atoms with E-state index in [2.05, 4.69) is 16.9 Å². The summed E-state index contributed by atoms with van der Waals surface area (Å²) in [5.41, 5.74) is 0.0955. The Morgan fingerprint density at radius 3 is 2.83 bits per heavy atom. The number of aliphatic hydroxyl groups is 1. The Morgan fingerprint density at radius 2 is 2.33 bits per heavy atom. The zero-order chi connectivity index (χ0) is 8.60. The first-order valence-corrected chi connectivity index (χ1v) is 4.19. The number of nitrogens with zero attached hydrogens (tertiary/aromatic N) is 2. The molecular weight excluding hydrogens is 152 g/mol. The van der Waals surface area contributed by atoms with Gasteiger partial charge in [-0.15, -0.1) is 0 Å². The van der Waals surface area contributed by atoms with Gasteiger partial charge in [-0.3, -0.25) is 0 Å². The molecule has 3 nitrogen and oxygen atoms in total. The lowest BCUT2D eigenvalue weighted by atomic mass is 9.70. The number of hydrogen-bond donors (Lipinski definition) is 1. The van der Waals surface area contributed by atoms with E-state index in [9.17, 15) is 5.11 Å². The fraction of sp³-hybridized carbons (Fsp3) is 0.556. The highest BCUT2D eigenvalue weighted by Gasteiger charge is 2.42. The summed E-state index contributed by atoms with van der Waals surface area (Å²) >= 11 is 0. The fourth-order valence-corrected chi connectivity index (χ4v) is 1.87. The number of hydrogen-bond acceptors (Lipinski definition) is 3. The van der Waals surface area contributed by atoms with Crippen molar-refractivity contribution >= 4 is 0 Å². The van der Waals surface area contributed by atoms with E-state index in [1.54, 1.807) is 12.3 Å². The number of aromatic nitrogens is 2. The van der Waals surface area contributed by atoms with Crippen molar-refractivity contribution < 1.29 is 5.11 Å². The van der Waals surface area contributed by atoms with Crippen LogP contribution in [-0.2, 0) is 5.60 Å². The van der Waals surface area contributed by atoms with E-state index < -0.39 is 5.60 Å². The van der Waals surface area contributed by atoms with Gasteiger partial charge in [0.15, 0.2) is 0 Å². The van der Waals surface area contributed by atoms with Crippen LogP contribution in [0.5, 0.6) is 0 Å². The van der Waals surface area contributed by atoms with Crippen LogP contribution >= 0.6 is 0 Å². The summed E-state index contributed by atoms with van der Waals surface area (Å²) in [6.45, 7) is 2.13. The molecule has 0 amide bonds. The molecule has 1 aromatic heterocycles. The van der Waals surface area contributed by atoms with Crippen LogP contribution in [0, 0.1) is 5.92 Å². The summed E-state index contributed by atoms with van der Waals surface area (Å²) < 4.78 is 0. The van der Waals surface area contributed by atoms with E-state index in [-0.39, 0.29) is 0 Å². The topological polar surface area (TPSA) is 46.0 Å². The minimum absolute atomic E-state index is 0.616. The third-order valence-corrected chi connectivity index (χ3v) is 2.43. The number of rotatable bonds is 1. The molecule has 1 aliphatic carbocycles. The van der Waals surface area contributed by atoms with E-state index in [4.69, 9.17) is 0 Å². The predicted molar refractivity (Wildman–Crippen MR) is 44.3 cm³/mol. The second kappa shape index (κ2) is 2.52. The zero-order valence-electron chi connectivity index (χ0n) is 7.07. The Labute approximate surface area is 71.5 Å². The monoisotopic (exact) mass is 164 g/mol. The van der Waals surface area contributed by atoms with Gasteiger partial charge in [0, 0.05) is 6.20 Å². The highest BCUT2D eigenvalue weighted by atomic mass is 16.3. The van der Waals surface area contributed by atoms with Crippen LogP contribution in [-0.4, -0.2) is 15.1 Å². The molecule has 0 saturated heterocycles. The molecule has 0 radical (unpaired) electrons. The van der Waals surface area contributed by atoms with Crippen LogP contribution in [0.25, 0.3) is 0 Å². The average molecular weight is 164 g/mol. The van der Waals surface area contributed by atoms with Gasteiger partial charge in [0.25, 0.3) is 0 Å². The Bertz CT molecular complexity index is 267. The first kappa shape index (κ1) is 7.68. The molecule has 1 aromatic rings. The molecule has 1 heterocycles. The van der Waals surface area contributed by atoms with Gasteiger partial charge < -0.3 is 5.11 Å². The van der Waals surface area contributed by atoms with Crippen molar-refractivity contribution in [3.63, 3.8) is 0 Å². The van der Waals surface area contributed by atoms with E-state index >= 15 is 0 Å². The van der Waals surface area contributed by atoms with Crippen LogP contribution in [0.1, 0.15) is 25.5 Å². The molecule has 12 heavy (non-hydrogen) atoms. The predicted octanol–water partition coefficient (Wildman–Crippen LogP) is 1.09. The van der Waals surface area contributed by atoms with Gasteiger partial charge in [0.1, 0.15) is 11.9 Å². The molecule has 0 aromatic carbocycles. The fourth-order valence-electron chi connectivity index (χ4n) is 1.87. The van der Waals surface area contributed by atoms with Crippen LogP contribution in [0.4, 0.5) is 0 Å². The quantitative estimate of drug-likeness (QED) is 0.676. The van der Waals surface area contributed by atoms with Crippen molar-refractivity contribution in [1.29, 1.82) is 0 Å². The van der Waals surface area contributed by atoms with E-state index in [1.165, 1.54) is 6.33 Å². The summed E-state index contributed by atoms with van der Waals surface area (Å²) in [7, 11) is 0. The molecule has 1 aliphatic rings. The van der Waals surface area contributed by atoms with E-state index in [0.717, 1.165) is 18.5 Å². The summed E-state index contributed by atoms with van der Waals surface area (Å²) in [5, 5.41) is 9.96. The molecule has 1 fully saturated rings. The molecule has 0 atom stereocenters. The molecule has 1 saturated carbocycles. The Balaban J connectivity index is 2.21. The minimum atomic E-state index is -0.664. The Morgan fingerprint density at radius 1 is 1.58 bits per heavy atom. The lowest BCUT2D eigenvalue weighted by molar-refractivity contribution is -0.0773. The van der Waals surface area contributed by atoms with Crippen molar-refractivity contribution in [2.45, 2.75) is 25.4 Å². The second-order valence-electron chi connectivity index (χ2n) is 3.64. The molecule has 0 bridgehead atoms. The zero-order valence-corrected chi connectivity index (χ0v) is 7.07. The lowest BCUT2D eigenvalue weighted by Gasteiger charge is -2.41. The summed E-state index contributed by atoms with van der Waals surface area (Å²) in [6, 6.07) is 1.78.